The second-order valence-corrected chi connectivity index (χ2v) is 6.25. The summed E-state index contributed by atoms with van der Waals surface area (Å²) < 4.78 is 44.9. The summed E-state index contributed by atoms with van der Waals surface area (Å²) in [5.41, 5.74) is -0.835. The van der Waals surface area contributed by atoms with Crippen LogP contribution in [0.5, 0.6) is 5.88 Å². The number of hydrogen-bond donors (Lipinski definition) is 1. The number of ether oxygens (including phenoxy) is 1. The zero-order valence-corrected chi connectivity index (χ0v) is 14.7. The number of nitrogens with one attached hydrogen (secondary N) is 1. The number of para-hydroxylation sites is 1. The number of hydrogen-bond acceptors (Lipinski definition) is 4. The Morgan fingerprint density at radius 2 is 1.93 bits per heavy atom. The molecule has 146 valence electrons. The number of halogens is 3. The molecule has 0 bridgehead atoms. The average Bonchev–Trinajstić information content (AvgIpc) is 2.68. The van der Waals surface area contributed by atoms with Crippen LogP contribution in [0.15, 0.2) is 42.6 Å². The third kappa shape index (κ3) is 4.52. The van der Waals surface area contributed by atoms with Crippen molar-refractivity contribution >= 4 is 11.7 Å². The number of carbonyl (C=O) groups is 1. The van der Waals surface area contributed by atoms with Crippen LogP contribution < -0.4 is 10.1 Å². The van der Waals surface area contributed by atoms with E-state index in [0.717, 1.165) is 6.07 Å². The number of pyridine rings is 1. The number of urea groups is 1. The Kier molecular flexibility index (Phi) is 5.68. The van der Waals surface area contributed by atoms with E-state index in [4.69, 9.17) is 10.00 Å². The maximum absolute atomic E-state index is 13.1. The van der Waals surface area contributed by atoms with Gasteiger partial charge in [-0.2, -0.15) is 18.4 Å². The second kappa shape index (κ2) is 8.17. The van der Waals surface area contributed by atoms with Gasteiger partial charge >= 0.3 is 12.2 Å². The number of aromatic nitrogens is 1. The summed E-state index contributed by atoms with van der Waals surface area (Å²) in [6.45, 7) is 0.638. The molecule has 3 rings (SSSR count). The highest BCUT2D eigenvalue weighted by Crippen LogP contribution is 2.34. The van der Waals surface area contributed by atoms with Crippen LogP contribution in [0.2, 0.25) is 0 Å². The summed E-state index contributed by atoms with van der Waals surface area (Å²) in [4.78, 5) is 17.8. The first kappa shape index (κ1) is 19.5. The highest BCUT2D eigenvalue weighted by molar-refractivity contribution is 5.90. The van der Waals surface area contributed by atoms with Crippen LogP contribution >= 0.6 is 0 Å². The van der Waals surface area contributed by atoms with Crippen molar-refractivity contribution in [1.29, 1.82) is 5.26 Å². The molecule has 2 heterocycles. The molecule has 28 heavy (non-hydrogen) atoms. The predicted molar refractivity (Wildman–Crippen MR) is 94.6 cm³/mol. The van der Waals surface area contributed by atoms with Crippen molar-refractivity contribution in [2.45, 2.75) is 25.1 Å². The van der Waals surface area contributed by atoms with Crippen molar-refractivity contribution in [3.63, 3.8) is 0 Å². The molecule has 1 aliphatic rings. The quantitative estimate of drug-likeness (QED) is 0.858. The van der Waals surface area contributed by atoms with Gasteiger partial charge in [0.05, 0.1) is 11.3 Å². The van der Waals surface area contributed by atoms with Crippen molar-refractivity contribution in [3.8, 4) is 11.9 Å². The van der Waals surface area contributed by atoms with Gasteiger partial charge in [0.25, 0.3) is 0 Å². The molecule has 1 aliphatic heterocycles. The number of carbonyl (C=O) groups excluding carboxylic acids is 1. The van der Waals surface area contributed by atoms with E-state index in [1.807, 2.05) is 6.07 Å². The van der Waals surface area contributed by atoms with Gasteiger partial charge in [0.2, 0.25) is 5.88 Å². The lowest BCUT2D eigenvalue weighted by atomic mass is 10.1. The van der Waals surface area contributed by atoms with Crippen molar-refractivity contribution in [3.05, 3.63) is 53.7 Å². The number of nitrogens with zero attached hydrogens (tertiary/aromatic N) is 3. The van der Waals surface area contributed by atoms with Gasteiger partial charge in [0.1, 0.15) is 17.7 Å². The minimum absolute atomic E-state index is 0.228. The Morgan fingerprint density at radius 3 is 2.61 bits per heavy atom. The second-order valence-electron chi connectivity index (χ2n) is 6.25. The molecule has 2 amide bonds. The van der Waals surface area contributed by atoms with Crippen molar-refractivity contribution < 1.29 is 22.7 Å². The SMILES string of the molecule is N#Cc1cccnc1OC1CCN(C(=O)Nc2ccccc2C(F)(F)F)CC1. The number of alkyl halides is 3. The van der Waals surface area contributed by atoms with Gasteiger partial charge in [0, 0.05) is 32.1 Å². The summed E-state index contributed by atoms with van der Waals surface area (Å²) in [5, 5.41) is 11.4. The molecule has 0 unspecified atom stereocenters. The molecule has 1 N–H and O–H groups in total. The van der Waals surface area contributed by atoms with E-state index in [-0.39, 0.29) is 17.7 Å². The molecule has 1 fully saturated rings. The zero-order chi connectivity index (χ0) is 20.1. The van der Waals surface area contributed by atoms with E-state index in [1.54, 1.807) is 12.1 Å². The van der Waals surface area contributed by atoms with Crippen LogP contribution in [0.25, 0.3) is 0 Å². The van der Waals surface area contributed by atoms with E-state index in [1.165, 1.54) is 29.3 Å². The highest BCUT2D eigenvalue weighted by atomic mass is 19.4. The van der Waals surface area contributed by atoms with Crippen LogP contribution in [0.3, 0.4) is 0 Å². The number of piperidine rings is 1. The standard InChI is InChI=1S/C19H17F3N4O2/c20-19(21,22)15-5-1-2-6-16(15)25-18(27)26-10-7-14(8-11-26)28-17-13(12-23)4-3-9-24-17/h1-6,9,14H,7-8,10-11H2,(H,25,27). The maximum atomic E-state index is 13.1. The fourth-order valence-electron chi connectivity index (χ4n) is 2.94. The lowest BCUT2D eigenvalue weighted by molar-refractivity contribution is -0.136. The molecule has 0 saturated carbocycles. The first-order valence-corrected chi connectivity index (χ1v) is 8.62. The number of anilines is 1. The normalized spacial score (nSPS) is 15.0. The van der Waals surface area contributed by atoms with Crippen molar-refractivity contribution in [2.24, 2.45) is 0 Å². The molecule has 1 saturated heterocycles. The Morgan fingerprint density at radius 1 is 1.21 bits per heavy atom. The summed E-state index contributed by atoms with van der Waals surface area (Å²) in [6, 6.07) is 9.50. The maximum Gasteiger partial charge on any atom is 0.418 e. The first-order valence-electron chi connectivity index (χ1n) is 8.62. The fraction of sp³-hybridized carbons (Fsp3) is 0.316. The topological polar surface area (TPSA) is 78.2 Å². The molecular weight excluding hydrogens is 373 g/mol. The van der Waals surface area contributed by atoms with E-state index in [0.29, 0.717) is 31.5 Å². The third-order valence-corrected chi connectivity index (χ3v) is 4.37. The molecule has 0 aliphatic carbocycles. The summed E-state index contributed by atoms with van der Waals surface area (Å²) in [7, 11) is 0. The van der Waals surface area contributed by atoms with Gasteiger partial charge in [0.15, 0.2) is 0 Å². The van der Waals surface area contributed by atoms with Gasteiger partial charge in [-0.3, -0.25) is 0 Å². The Labute approximate surface area is 159 Å². The van der Waals surface area contributed by atoms with Gasteiger partial charge in [-0.05, 0) is 24.3 Å². The van der Waals surface area contributed by atoms with E-state index >= 15 is 0 Å². The average molecular weight is 390 g/mol. The molecule has 1 aromatic heterocycles. The van der Waals surface area contributed by atoms with Gasteiger partial charge in [-0.25, -0.2) is 9.78 Å². The predicted octanol–water partition coefficient (Wildman–Crippen LogP) is 4.05. The lowest BCUT2D eigenvalue weighted by Crippen LogP contribution is -2.44. The van der Waals surface area contributed by atoms with Crippen LogP contribution in [0.1, 0.15) is 24.0 Å². The molecule has 0 atom stereocenters. The first-order chi connectivity index (χ1) is 13.4. The molecule has 9 heteroatoms. The molecule has 0 radical (unpaired) electrons. The molecule has 0 spiro atoms. The van der Waals surface area contributed by atoms with Crippen molar-refractivity contribution in [2.75, 3.05) is 18.4 Å². The summed E-state index contributed by atoms with van der Waals surface area (Å²) in [5.74, 6) is 0.243. The molecule has 2 aromatic rings. The Hall–Kier alpha value is -3.28. The Balaban J connectivity index is 1.58. The fourth-order valence-corrected chi connectivity index (χ4v) is 2.94. The van der Waals surface area contributed by atoms with Crippen LogP contribution in [0, 0.1) is 11.3 Å². The number of amides is 2. The highest BCUT2D eigenvalue weighted by Gasteiger charge is 2.34. The number of likely N-dealkylation sites (tertiary alicyclic amines) is 1. The lowest BCUT2D eigenvalue weighted by Gasteiger charge is -2.32. The van der Waals surface area contributed by atoms with Crippen LogP contribution in [-0.4, -0.2) is 35.1 Å². The molecule has 1 aromatic carbocycles. The van der Waals surface area contributed by atoms with E-state index < -0.39 is 17.8 Å². The summed E-state index contributed by atoms with van der Waals surface area (Å²) >= 11 is 0. The minimum atomic E-state index is -4.55. The Bertz CT molecular complexity index is 887. The largest absolute Gasteiger partial charge is 0.473 e. The number of nitriles is 1. The van der Waals surface area contributed by atoms with E-state index in [2.05, 4.69) is 10.3 Å². The van der Waals surface area contributed by atoms with Gasteiger partial charge < -0.3 is 15.0 Å². The molecular formula is C19H17F3N4O2. The van der Waals surface area contributed by atoms with Gasteiger partial charge in [-0.1, -0.05) is 12.1 Å². The van der Waals surface area contributed by atoms with E-state index in [9.17, 15) is 18.0 Å². The third-order valence-electron chi connectivity index (χ3n) is 4.37. The molecule has 6 nitrogen and oxygen atoms in total. The van der Waals surface area contributed by atoms with Gasteiger partial charge in [-0.15, -0.1) is 0 Å². The monoisotopic (exact) mass is 390 g/mol. The minimum Gasteiger partial charge on any atom is -0.473 e. The smallest absolute Gasteiger partial charge is 0.418 e. The number of benzene rings is 1. The van der Waals surface area contributed by atoms with Crippen LogP contribution in [0.4, 0.5) is 23.7 Å². The van der Waals surface area contributed by atoms with Crippen LogP contribution in [-0.2, 0) is 6.18 Å². The number of rotatable bonds is 3. The summed E-state index contributed by atoms with van der Waals surface area (Å²) in [6.07, 6.45) is -2.29. The van der Waals surface area contributed by atoms with Crippen molar-refractivity contribution in [1.82, 2.24) is 9.88 Å². The zero-order valence-electron chi connectivity index (χ0n) is 14.7.